The molecule has 196 valence electrons. The third kappa shape index (κ3) is 3.56. The van der Waals surface area contributed by atoms with Crippen molar-refractivity contribution < 1.29 is 14.3 Å². The van der Waals surface area contributed by atoms with Crippen LogP contribution in [-0.4, -0.2) is 18.4 Å². The van der Waals surface area contributed by atoms with Crippen molar-refractivity contribution in [2.45, 2.75) is 71.1 Å². The zero-order valence-corrected chi connectivity index (χ0v) is 23.5. The number of carbonyl (C=O) groups is 2. The van der Waals surface area contributed by atoms with Crippen LogP contribution in [0.15, 0.2) is 60.7 Å². The second-order valence-corrected chi connectivity index (χ2v) is 13.1. The molecule has 3 aromatic carbocycles. The maximum atomic E-state index is 14.2. The van der Waals surface area contributed by atoms with E-state index in [1.807, 2.05) is 31.2 Å². The summed E-state index contributed by atoms with van der Waals surface area (Å²) in [4.78, 5) is 29.7. The molecule has 0 N–H and O–H groups in total. The summed E-state index contributed by atoms with van der Waals surface area (Å²) in [6.07, 6.45) is 0. The van der Waals surface area contributed by atoms with Crippen LogP contribution in [0.4, 0.5) is 5.69 Å². The van der Waals surface area contributed by atoms with E-state index in [-0.39, 0.29) is 34.5 Å². The molecule has 0 radical (unpaired) electrons. The molecule has 1 saturated heterocycles. The van der Waals surface area contributed by atoms with Gasteiger partial charge in [0, 0.05) is 11.8 Å². The molecule has 1 aliphatic heterocycles. The highest BCUT2D eigenvalue weighted by Crippen LogP contribution is 2.62. The van der Waals surface area contributed by atoms with E-state index in [0.717, 1.165) is 5.75 Å². The predicted molar refractivity (Wildman–Crippen MR) is 151 cm³/mol. The Balaban J connectivity index is 1.52. The third-order valence-corrected chi connectivity index (χ3v) is 8.77. The minimum atomic E-state index is -0.394. The Hall–Kier alpha value is -3.40. The van der Waals surface area contributed by atoms with Crippen molar-refractivity contribution >= 4 is 17.5 Å². The van der Waals surface area contributed by atoms with Crippen LogP contribution in [0, 0.1) is 11.8 Å². The summed E-state index contributed by atoms with van der Waals surface area (Å²) in [6, 6.07) is 20.8. The quantitative estimate of drug-likeness (QED) is 0.356. The Bertz CT molecular complexity index is 1370. The van der Waals surface area contributed by atoms with Crippen molar-refractivity contribution in [3.63, 3.8) is 0 Å². The first kappa shape index (κ1) is 24.9. The Morgan fingerprint density at radius 1 is 0.658 bits per heavy atom. The van der Waals surface area contributed by atoms with Crippen LogP contribution in [0.2, 0.25) is 0 Å². The summed E-state index contributed by atoms with van der Waals surface area (Å²) < 4.78 is 5.59. The largest absolute Gasteiger partial charge is 0.494 e. The van der Waals surface area contributed by atoms with Gasteiger partial charge in [-0.3, -0.25) is 9.59 Å². The van der Waals surface area contributed by atoms with Crippen LogP contribution in [0.5, 0.6) is 5.75 Å². The molecule has 3 aromatic rings. The first-order valence-corrected chi connectivity index (χ1v) is 13.8. The molecule has 0 unspecified atom stereocenters. The van der Waals surface area contributed by atoms with E-state index < -0.39 is 11.8 Å². The third-order valence-electron chi connectivity index (χ3n) is 8.77. The Labute approximate surface area is 226 Å². The van der Waals surface area contributed by atoms with E-state index >= 15 is 0 Å². The molecule has 0 saturated carbocycles. The second kappa shape index (κ2) is 8.30. The smallest absolute Gasteiger partial charge is 0.238 e. The van der Waals surface area contributed by atoms with Gasteiger partial charge in [-0.15, -0.1) is 0 Å². The molecule has 1 fully saturated rings. The van der Waals surface area contributed by atoms with Gasteiger partial charge in [-0.2, -0.15) is 0 Å². The molecule has 4 aliphatic rings. The second-order valence-electron chi connectivity index (χ2n) is 13.1. The Morgan fingerprint density at radius 3 is 1.50 bits per heavy atom. The summed E-state index contributed by atoms with van der Waals surface area (Å²) in [6.45, 7) is 15.8. The summed E-state index contributed by atoms with van der Waals surface area (Å²) in [7, 11) is 0. The highest BCUT2D eigenvalue weighted by molar-refractivity contribution is 6.23. The number of benzene rings is 3. The molecule has 1 heterocycles. The van der Waals surface area contributed by atoms with Gasteiger partial charge in [0.05, 0.1) is 24.1 Å². The molecule has 2 amide bonds. The fourth-order valence-electron chi connectivity index (χ4n) is 6.82. The van der Waals surface area contributed by atoms with Crippen molar-refractivity contribution in [2.75, 3.05) is 11.5 Å². The molecule has 7 rings (SSSR count). The van der Waals surface area contributed by atoms with Crippen molar-refractivity contribution in [1.82, 2.24) is 0 Å². The van der Waals surface area contributed by atoms with E-state index in [0.29, 0.717) is 12.3 Å². The molecular formula is C34H37NO3. The van der Waals surface area contributed by atoms with Gasteiger partial charge in [-0.1, -0.05) is 77.9 Å². The van der Waals surface area contributed by atoms with Crippen molar-refractivity contribution in [1.29, 1.82) is 0 Å². The van der Waals surface area contributed by atoms with Crippen LogP contribution < -0.4 is 9.64 Å². The first-order valence-electron chi connectivity index (χ1n) is 13.8. The number of rotatable bonds is 3. The van der Waals surface area contributed by atoms with Gasteiger partial charge in [-0.05, 0) is 75.4 Å². The van der Waals surface area contributed by atoms with Crippen molar-refractivity contribution in [2.24, 2.45) is 11.8 Å². The molecule has 4 heteroatoms. The standard InChI is InChI=1S/C34H37NO3/c1-8-38-22-13-11-21(12-14-22)35-31(36)29-27-24-16-10-20(34(5,6)7)18-26(24)28(30(29)32(35)37)23-15-9-19(17-25(23)27)33(2,3)4/h9-18,27-30H,8H2,1-7H3/t27-,28+,29+,30-. The highest BCUT2D eigenvalue weighted by atomic mass is 16.5. The van der Waals surface area contributed by atoms with Gasteiger partial charge in [0.1, 0.15) is 5.75 Å². The molecule has 0 aromatic heterocycles. The Kier molecular flexibility index (Phi) is 5.44. The van der Waals surface area contributed by atoms with Gasteiger partial charge < -0.3 is 4.74 Å². The number of carbonyl (C=O) groups excluding carboxylic acids is 2. The minimum Gasteiger partial charge on any atom is -0.494 e. The molecule has 4 nitrogen and oxygen atoms in total. The number of hydrogen-bond acceptors (Lipinski definition) is 3. The molecule has 2 bridgehead atoms. The summed E-state index contributed by atoms with van der Waals surface area (Å²) in [5, 5.41) is 0. The monoisotopic (exact) mass is 507 g/mol. The average Bonchev–Trinajstić information content (AvgIpc) is 3.13. The van der Waals surface area contributed by atoms with Gasteiger partial charge in [-0.25, -0.2) is 4.90 Å². The average molecular weight is 508 g/mol. The van der Waals surface area contributed by atoms with Gasteiger partial charge >= 0.3 is 0 Å². The molecule has 0 spiro atoms. The van der Waals surface area contributed by atoms with E-state index in [9.17, 15) is 9.59 Å². The fourth-order valence-corrected chi connectivity index (χ4v) is 6.82. The lowest BCUT2D eigenvalue weighted by atomic mass is 9.54. The van der Waals surface area contributed by atoms with Gasteiger partial charge in [0.2, 0.25) is 11.8 Å². The number of imide groups is 1. The lowest BCUT2D eigenvalue weighted by Gasteiger charge is -2.47. The summed E-state index contributed by atoms with van der Waals surface area (Å²) >= 11 is 0. The maximum Gasteiger partial charge on any atom is 0.238 e. The molecule has 4 atom stereocenters. The maximum absolute atomic E-state index is 14.2. The van der Waals surface area contributed by atoms with Gasteiger partial charge in [0.15, 0.2) is 0 Å². The van der Waals surface area contributed by atoms with E-state index in [4.69, 9.17) is 4.74 Å². The lowest BCUT2D eigenvalue weighted by Crippen LogP contribution is -2.42. The van der Waals surface area contributed by atoms with E-state index in [1.165, 1.54) is 38.3 Å². The number of nitrogens with zero attached hydrogens (tertiary/aromatic N) is 1. The van der Waals surface area contributed by atoms with Crippen LogP contribution >= 0.6 is 0 Å². The van der Waals surface area contributed by atoms with Crippen LogP contribution in [0.3, 0.4) is 0 Å². The lowest BCUT2D eigenvalue weighted by molar-refractivity contribution is -0.122. The number of hydrogen-bond donors (Lipinski definition) is 0. The van der Waals surface area contributed by atoms with Crippen LogP contribution in [-0.2, 0) is 20.4 Å². The zero-order valence-electron chi connectivity index (χ0n) is 23.5. The summed E-state index contributed by atoms with van der Waals surface area (Å²) in [5.41, 5.74) is 7.97. The van der Waals surface area contributed by atoms with E-state index in [1.54, 1.807) is 0 Å². The molecular weight excluding hydrogens is 470 g/mol. The highest BCUT2D eigenvalue weighted by Gasteiger charge is 2.62. The molecule has 3 aliphatic carbocycles. The fraction of sp³-hybridized carbons (Fsp3) is 0.412. The van der Waals surface area contributed by atoms with Crippen molar-refractivity contribution in [3.8, 4) is 5.75 Å². The Morgan fingerprint density at radius 2 is 1.11 bits per heavy atom. The van der Waals surface area contributed by atoms with Gasteiger partial charge in [0.25, 0.3) is 0 Å². The number of anilines is 1. The first-order chi connectivity index (χ1) is 17.9. The number of amides is 2. The number of ether oxygens (including phenoxy) is 1. The van der Waals surface area contributed by atoms with E-state index in [2.05, 4.69) is 77.9 Å². The predicted octanol–water partition coefficient (Wildman–Crippen LogP) is 7.08. The summed E-state index contributed by atoms with van der Waals surface area (Å²) in [5.74, 6) is -0.486. The van der Waals surface area contributed by atoms with Crippen LogP contribution in [0.25, 0.3) is 0 Å². The normalized spacial score (nSPS) is 23.8. The van der Waals surface area contributed by atoms with Crippen molar-refractivity contribution in [3.05, 3.63) is 94.0 Å². The minimum absolute atomic E-state index is 0.00606. The van der Waals surface area contributed by atoms with Crippen LogP contribution in [0.1, 0.15) is 93.7 Å². The SMILES string of the molecule is CCOc1ccc(N2C(=O)[C@@H]3[C@@H]4c5cc(C(C)(C)C)ccc5[C@H](c5cc(C(C)(C)C)ccc54)[C@@H]3C2=O)cc1. The topological polar surface area (TPSA) is 46.6 Å². The molecule has 38 heavy (non-hydrogen) atoms. The zero-order chi connectivity index (χ0) is 27.1.